The van der Waals surface area contributed by atoms with Gasteiger partial charge in [0.15, 0.2) is 0 Å². The molecule has 3 aromatic carbocycles. The van der Waals surface area contributed by atoms with Crippen LogP contribution in [0.25, 0.3) is 0 Å². The van der Waals surface area contributed by atoms with Crippen molar-refractivity contribution in [2.75, 3.05) is 18.8 Å². The van der Waals surface area contributed by atoms with E-state index in [2.05, 4.69) is 9.71 Å². The van der Waals surface area contributed by atoms with E-state index in [1.165, 1.54) is 41.4 Å². The third kappa shape index (κ3) is 7.66. The Morgan fingerprint density at radius 1 is 1.05 bits per heavy atom. The van der Waals surface area contributed by atoms with Crippen LogP contribution in [0.15, 0.2) is 93.9 Å². The summed E-state index contributed by atoms with van der Waals surface area (Å²) in [5.41, 5.74) is 1.26. The largest absolute Gasteiger partial charge is 0.264 e. The lowest BCUT2D eigenvalue weighted by Gasteiger charge is -2.24. The van der Waals surface area contributed by atoms with Crippen molar-refractivity contribution < 1.29 is 21.2 Å². The summed E-state index contributed by atoms with van der Waals surface area (Å²) in [4.78, 5) is 4.45. The maximum Gasteiger partial charge on any atom is 0.264 e. The highest BCUT2D eigenvalue weighted by molar-refractivity contribution is 7.90. The Morgan fingerprint density at radius 3 is 2.27 bits per heavy atom. The topological polar surface area (TPSA) is 134 Å². The molecule has 0 aliphatic carbocycles. The highest BCUT2D eigenvalue weighted by atomic mass is 35.5. The van der Waals surface area contributed by atoms with E-state index in [4.69, 9.17) is 21.8 Å². The minimum Gasteiger partial charge on any atom is -0.250 e. The molecule has 0 bridgehead atoms. The normalized spacial score (nSPS) is 16.6. The first-order valence-electron chi connectivity index (χ1n) is 12.2. The monoisotopic (exact) mass is 605 g/mol. The van der Waals surface area contributed by atoms with Gasteiger partial charge in [-0.3, -0.25) is 4.99 Å². The molecule has 1 aliphatic heterocycles. The van der Waals surface area contributed by atoms with Gasteiger partial charge >= 0.3 is 0 Å². The summed E-state index contributed by atoms with van der Waals surface area (Å²) in [6.07, 6.45) is 0. The van der Waals surface area contributed by atoms with E-state index in [1.54, 1.807) is 26.0 Å². The van der Waals surface area contributed by atoms with E-state index in [0.717, 1.165) is 5.56 Å². The SMILES string of the molecule is CC(C)(C/N=C(/NS(=O)(=O)c1ccc(Cl)cc1)N1C[C@H](c2ccccc2)C(c2ccc(F)cc2)=N1)CS(N)(=O)=O. The Labute approximate surface area is 238 Å². The number of hydrogen-bond acceptors (Lipinski definition) is 6. The van der Waals surface area contributed by atoms with Crippen LogP contribution in [-0.4, -0.2) is 52.4 Å². The van der Waals surface area contributed by atoms with Crippen molar-refractivity contribution in [1.82, 2.24) is 9.73 Å². The molecule has 1 atom stereocenters. The Kier molecular flexibility index (Phi) is 8.64. The Hall–Kier alpha value is -3.32. The van der Waals surface area contributed by atoms with Gasteiger partial charge in [0.25, 0.3) is 10.0 Å². The quantitative estimate of drug-likeness (QED) is 0.296. The second kappa shape index (κ2) is 11.7. The molecule has 0 saturated heterocycles. The second-order valence-electron chi connectivity index (χ2n) is 10.2. The number of hydrogen-bond donors (Lipinski definition) is 2. The Balaban J connectivity index is 1.76. The first-order chi connectivity index (χ1) is 18.7. The molecule has 0 radical (unpaired) electrons. The zero-order valence-corrected chi connectivity index (χ0v) is 24.2. The fourth-order valence-electron chi connectivity index (χ4n) is 4.30. The van der Waals surface area contributed by atoms with Gasteiger partial charge in [-0.1, -0.05) is 67.9 Å². The number of hydrazone groups is 1. The van der Waals surface area contributed by atoms with Gasteiger partial charge in [0, 0.05) is 17.5 Å². The molecule has 0 aromatic heterocycles. The van der Waals surface area contributed by atoms with Gasteiger partial charge in [0.1, 0.15) is 5.82 Å². The van der Waals surface area contributed by atoms with E-state index in [0.29, 0.717) is 16.3 Å². The van der Waals surface area contributed by atoms with Crippen LogP contribution < -0.4 is 9.86 Å². The molecular weight excluding hydrogens is 577 g/mol. The average Bonchev–Trinajstić information content (AvgIpc) is 3.32. The minimum absolute atomic E-state index is 0.0464. The summed E-state index contributed by atoms with van der Waals surface area (Å²) in [5, 5.41) is 11.8. The smallest absolute Gasteiger partial charge is 0.250 e. The first-order valence-corrected chi connectivity index (χ1v) is 15.8. The lowest BCUT2D eigenvalue weighted by atomic mass is 9.91. The van der Waals surface area contributed by atoms with Crippen molar-refractivity contribution in [3.63, 3.8) is 0 Å². The second-order valence-corrected chi connectivity index (χ2v) is 13.9. The summed E-state index contributed by atoms with van der Waals surface area (Å²) in [7, 11) is -7.95. The Morgan fingerprint density at radius 2 is 1.68 bits per heavy atom. The zero-order valence-electron chi connectivity index (χ0n) is 21.8. The van der Waals surface area contributed by atoms with Crippen LogP contribution in [0.4, 0.5) is 4.39 Å². The lowest BCUT2D eigenvalue weighted by molar-refractivity contribution is 0.413. The predicted octanol–water partition coefficient (Wildman–Crippen LogP) is 3.93. The van der Waals surface area contributed by atoms with Crippen molar-refractivity contribution in [3.8, 4) is 0 Å². The Bertz CT molecular complexity index is 1630. The van der Waals surface area contributed by atoms with Crippen molar-refractivity contribution in [1.29, 1.82) is 0 Å². The van der Waals surface area contributed by atoms with Gasteiger partial charge < -0.3 is 0 Å². The van der Waals surface area contributed by atoms with Crippen LogP contribution in [0, 0.1) is 11.2 Å². The summed E-state index contributed by atoms with van der Waals surface area (Å²) in [6.45, 7) is 3.47. The third-order valence-corrected chi connectivity index (χ3v) is 8.88. The van der Waals surface area contributed by atoms with E-state index >= 15 is 0 Å². The summed E-state index contributed by atoms with van der Waals surface area (Å²) in [5.74, 6) is -1.16. The summed E-state index contributed by atoms with van der Waals surface area (Å²) >= 11 is 5.93. The molecule has 40 heavy (non-hydrogen) atoms. The first kappa shape index (κ1) is 29.7. The number of primary sulfonamides is 1. The number of halogens is 2. The van der Waals surface area contributed by atoms with Gasteiger partial charge in [0.05, 0.1) is 22.9 Å². The number of nitrogens with two attached hydrogens (primary N) is 1. The average molecular weight is 606 g/mol. The van der Waals surface area contributed by atoms with Crippen LogP contribution in [0.1, 0.15) is 30.9 Å². The van der Waals surface area contributed by atoms with Crippen molar-refractivity contribution in [2.24, 2.45) is 20.6 Å². The molecule has 212 valence electrons. The number of rotatable bonds is 8. The maximum atomic E-state index is 13.7. The molecule has 3 aromatic rings. The van der Waals surface area contributed by atoms with Gasteiger partial charge in [-0.05, 0) is 52.9 Å². The molecule has 0 fully saturated rings. The van der Waals surface area contributed by atoms with Gasteiger partial charge in [-0.2, -0.15) is 5.10 Å². The zero-order chi connectivity index (χ0) is 29.1. The van der Waals surface area contributed by atoms with Crippen LogP contribution in [0.3, 0.4) is 0 Å². The number of nitrogens with one attached hydrogen (secondary N) is 1. The number of guanidine groups is 1. The summed E-state index contributed by atoms with van der Waals surface area (Å²) < 4.78 is 66.4. The number of nitrogens with zero attached hydrogens (tertiary/aromatic N) is 3. The standard InChI is InChI=1S/C27H29ClFN5O4S2/c1-27(2,18-39(30,35)36)17-31-26(33-40(37,38)23-14-10-21(28)11-15-23)34-16-24(19-6-4-3-5-7-19)25(32-34)20-8-12-22(29)13-9-20/h3-15,24H,16-18H2,1-2H3,(H,31,33)(H2,30,35,36)/t24-/m1/s1. The molecule has 0 saturated carbocycles. The molecule has 1 heterocycles. The van der Waals surface area contributed by atoms with Crippen molar-refractivity contribution >= 4 is 43.3 Å². The highest BCUT2D eigenvalue weighted by Crippen LogP contribution is 2.29. The highest BCUT2D eigenvalue weighted by Gasteiger charge is 2.34. The van der Waals surface area contributed by atoms with E-state index in [9.17, 15) is 21.2 Å². The van der Waals surface area contributed by atoms with Gasteiger partial charge in [-0.15, -0.1) is 0 Å². The van der Waals surface area contributed by atoms with Crippen LogP contribution in [-0.2, 0) is 20.0 Å². The number of aliphatic imine (C=N–C) groups is 1. The molecule has 4 rings (SSSR count). The van der Waals surface area contributed by atoms with E-state index in [-0.39, 0.29) is 35.6 Å². The fourth-order valence-corrected chi connectivity index (χ4v) is 6.63. The molecule has 1 aliphatic rings. The maximum absolute atomic E-state index is 13.7. The van der Waals surface area contributed by atoms with Crippen LogP contribution >= 0.6 is 11.6 Å². The molecule has 0 unspecified atom stereocenters. The fraction of sp³-hybridized carbons (Fsp3) is 0.259. The number of benzene rings is 3. The van der Waals surface area contributed by atoms with E-state index in [1.807, 2.05) is 30.3 Å². The molecular formula is C27H29ClFN5O4S2. The molecule has 0 amide bonds. The molecule has 3 N–H and O–H groups in total. The third-order valence-electron chi connectivity index (χ3n) is 6.10. The summed E-state index contributed by atoms with van der Waals surface area (Å²) in [6, 6.07) is 21.0. The molecule has 0 spiro atoms. The molecule has 9 nitrogen and oxygen atoms in total. The predicted molar refractivity (Wildman–Crippen MR) is 155 cm³/mol. The van der Waals surface area contributed by atoms with Crippen molar-refractivity contribution in [2.45, 2.75) is 24.7 Å². The van der Waals surface area contributed by atoms with Gasteiger partial charge in [-0.25, -0.2) is 36.1 Å². The lowest BCUT2D eigenvalue weighted by Crippen LogP contribution is -2.42. The minimum atomic E-state index is -4.13. The van der Waals surface area contributed by atoms with Crippen LogP contribution in [0.5, 0.6) is 0 Å². The van der Waals surface area contributed by atoms with Crippen LogP contribution in [0.2, 0.25) is 5.02 Å². The number of sulfonamides is 2. The molecule has 13 heteroatoms. The van der Waals surface area contributed by atoms with E-state index < -0.39 is 31.3 Å². The van der Waals surface area contributed by atoms with Crippen molar-refractivity contribution in [3.05, 3.63) is 101 Å². The van der Waals surface area contributed by atoms with Gasteiger partial charge in [0.2, 0.25) is 16.0 Å².